The molecule has 14 rings (SSSR count). The number of aryl methyl sites for hydroxylation is 7. The fraction of sp³-hybridized carbons (Fsp3) is 0.222. The lowest BCUT2D eigenvalue weighted by Gasteiger charge is -2.11. The van der Waals surface area contributed by atoms with Gasteiger partial charge in [0.15, 0.2) is 29.0 Å². The molecule has 0 bridgehead atoms. The van der Waals surface area contributed by atoms with Gasteiger partial charge < -0.3 is 54.9 Å². The maximum atomic E-state index is 14.0. The Morgan fingerprint density at radius 1 is 0.360 bits per heavy atom. The summed E-state index contributed by atoms with van der Waals surface area (Å²) in [6.07, 6.45) is 0.00948. The minimum Gasteiger partial charge on any atom is -0.494 e. The summed E-state index contributed by atoms with van der Waals surface area (Å²) in [4.78, 5) is 56.9. The molecule has 652 valence electrons. The molecule has 7 heterocycles. The van der Waals surface area contributed by atoms with Crippen molar-refractivity contribution in [3.05, 3.63) is 272 Å². The maximum Gasteiger partial charge on any atom is 0.419 e. The first-order valence-electron chi connectivity index (χ1n) is 39.0. The number of anilines is 8. The zero-order chi connectivity index (χ0) is 91.5. The Labute approximate surface area is 727 Å². The maximum absolute atomic E-state index is 14.0. The first-order valence-corrected chi connectivity index (χ1v) is 39.7. The van der Waals surface area contributed by atoms with Gasteiger partial charge in [-0.05, 0) is 211 Å². The van der Waals surface area contributed by atoms with E-state index in [4.69, 9.17) is 72.8 Å². The van der Waals surface area contributed by atoms with Crippen LogP contribution in [0, 0.1) is 48.8 Å². The number of hydrogen-bond donors (Lipinski definition) is 8. The molecule has 0 aliphatic carbocycles. The van der Waals surface area contributed by atoms with Crippen molar-refractivity contribution in [2.75, 3.05) is 59.6 Å². The number of aromatic nitrogens is 14. The summed E-state index contributed by atoms with van der Waals surface area (Å²) in [5.74, 6) is -2.07. The topological polar surface area (TPSA) is 393 Å². The van der Waals surface area contributed by atoms with E-state index in [1.54, 1.807) is 61.6 Å². The molecule has 7 aromatic carbocycles. The van der Waals surface area contributed by atoms with Gasteiger partial charge in [-0.1, -0.05) is 101 Å². The molecule has 0 fully saturated rings. The van der Waals surface area contributed by atoms with Crippen molar-refractivity contribution in [2.24, 2.45) is 0 Å². The lowest BCUT2D eigenvalue weighted by atomic mass is 10.0. The van der Waals surface area contributed by atoms with Crippen molar-refractivity contribution >= 4 is 70.7 Å². The molecular weight excluding hydrogens is 1660 g/mol. The third kappa shape index (κ3) is 27.8. The molecule has 0 spiro atoms. The van der Waals surface area contributed by atoms with Crippen LogP contribution in [-0.2, 0) is 44.7 Å². The van der Waals surface area contributed by atoms with Crippen molar-refractivity contribution in [3.8, 4) is 90.3 Å². The summed E-state index contributed by atoms with van der Waals surface area (Å²) in [5.41, 5.74) is 53.4. The van der Waals surface area contributed by atoms with Gasteiger partial charge in [-0.2, -0.15) is 18.2 Å². The molecule has 15 N–H and O–H groups in total. The first-order chi connectivity index (χ1) is 59.5. The van der Waals surface area contributed by atoms with E-state index in [1.165, 1.54) is 60.7 Å². The normalized spacial score (nSPS) is 10.7. The second kappa shape index (κ2) is 45.3. The fourth-order valence-electron chi connectivity index (χ4n) is 11.6. The summed E-state index contributed by atoms with van der Waals surface area (Å²) >= 11 is 11.4. The van der Waals surface area contributed by atoms with E-state index in [9.17, 15) is 39.5 Å². The van der Waals surface area contributed by atoms with E-state index in [0.29, 0.717) is 75.8 Å². The van der Waals surface area contributed by atoms with Crippen LogP contribution >= 0.6 is 23.2 Å². The smallest absolute Gasteiger partial charge is 0.419 e. The minimum absolute atomic E-state index is 0.0227. The number of halogens is 11. The predicted molar refractivity (Wildman–Crippen MR) is 476 cm³/mol. The van der Waals surface area contributed by atoms with Crippen LogP contribution in [0.2, 0.25) is 10.0 Å². The number of nitrogens with zero attached hydrogens (tertiary/aromatic N) is 14. The van der Waals surface area contributed by atoms with Crippen molar-refractivity contribution in [3.63, 3.8) is 0 Å². The summed E-state index contributed by atoms with van der Waals surface area (Å²) in [7, 11) is 2.98. The van der Waals surface area contributed by atoms with Crippen molar-refractivity contribution < 1.29 is 49.0 Å². The van der Waals surface area contributed by atoms with Gasteiger partial charge in [0.2, 0.25) is 41.6 Å². The van der Waals surface area contributed by atoms with Crippen molar-refractivity contribution in [1.29, 1.82) is 0 Å². The first kappa shape index (κ1) is 96.5. The highest BCUT2D eigenvalue weighted by molar-refractivity contribution is 6.31. The Hall–Kier alpha value is -14.0. The molecule has 0 saturated carbocycles. The van der Waals surface area contributed by atoms with E-state index in [-0.39, 0.29) is 68.7 Å². The molecule has 0 radical (unpaired) electrons. The number of ether oxygens (including phenoxy) is 2. The van der Waals surface area contributed by atoms with Crippen LogP contribution in [0.25, 0.3) is 78.8 Å². The number of rotatable bonds is 17. The predicted octanol–water partition coefficient (Wildman–Crippen LogP) is 20.1. The Morgan fingerprint density at radius 3 is 1.12 bits per heavy atom. The molecule has 0 saturated heterocycles. The van der Waals surface area contributed by atoms with Gasteiger partial charge in [-0.25, -0.2) is 91.1 Å². The third-order valence-corrected chi connectivity index (χ3v) is 18.6. The number of nitrogen functional groups attached to an aromatic ring is 7. The number of benzene rings is 7. The zero-order valence-electron chi connectivity index (χ0n) is 70.3. The second-order valence-electron chi connectivity index (χ2n) is 27.3. The van der Waals surface area contributed by atoms with Gasteiger partial charge in [0, 0.05) is 86.2 Å². The Balaban J connectivity index is 0.000000181. The van der Waals surface area contributed by atoms with E-state index in [0.717, 1.165) is 106 Å². The SMILES string of the molecule is CCc1cc(-c2ccc(Cl)c(F)c2)nc(N)n1.CCc1cc(-c2ccc(F)c(F)c2)nc(N)n1.CCc1cc(-c2ccc(OC(C)C)cc2)nc(N)n1.CCc1cc(-c2ccc(OC)c(F)c2)nc(N)n1.CCc1cc(-c2cccc(C)c2C)nc(N)n1.CCc1cc(-c2cccc(Cl)c2F)nc(N)n1.CNc1cc(-c2cccc(C(F)(F)F)c2F)nc(N)n1. The fourth-order valence-corrected chi connectivity index (χ4v) is 11.9. The molecule has 0 amide bonds. The van der Waals surface area contributed by atoms with Gasteiger partial charge in [0.25, 0.3) is 0 Å². The van der Waals surface area contributed by atoms with Gasteiger partial charge in [0.05, 0.1) is 68.7 Å². The lowest BCUT2D eigenvalue weighted by molar-refractivity contribution is -0.139. The molecule has 0 aliphatic rings. The second-order valence-corrected chi connectivity index (χ2v) is 28.1. The lowest BCUT2D eigenvalue weighted by Crippen LogP contribution is -2.09. The highest BCUT2D eigenvalue weighted by atomic mass is 35.5. The Bertz CT molecular complexity index is 5820. The Kier molecular flexibility index (Phi) is 34.9. The molecule has 0 unspecified atom stereocenters. The minimum atomic E-state index is -4.77. The zero-order valence-corrected chi connectivity index (χ0v) is 71.9. The largest absolute Gasteiger partial charge is 0.494 e. The van der Waals surface area contributed by atoms with Crippen LogP contribution in [0.5, 0.6) is 11.5 Å². The van der Waals surface area contributed by atoms with Gasteiger partial charge >= 0.3 is 6.18 Å². The van der Waals surface area contributed by atoms with Crippen LogP contribution in [0.15, 0.2) is 176 Å². The monoisotopic (exact) mass is 1750 g/mol. The summed E-state index contributed by atoms with van der Waals surface area (Å²) in [5, 5.41) is 2.82. The Morgan fingerprint density at radius 2 is 0.712 bits per heavy atom. The van der Waals surface area contributed by atoms with Crippen LogP contribution < -0.4 is 54.9 Å². The van der Waals surface area contributed by atoms with Gasteiger partial charge in [-0.15, -0.1) is 0 Å². The van der Waals surface area contributed by atoms with E-state index in [2.05, 4.69) is 108 Å². The highest BCUT2D eigenvalue weighted by Crippen LogP contribution is 2.37. The van der Waals surface area contributed by atoms with Crippen LogP contribution in [-0.4, -0.2) is 90.0 Å². The van der Waals surface area contributed by atoms with E-state index >= 15 is 0 Å². The van der Waals surface area contributed by atoms with Crippen LogP contribution in [0.3, 0.4) is 0 Å². The number of nitrogens with two attached hydrogens (primary N) is 7. The highest BCUT2D eigenvalue weighted by Gasteiger charge is 2.35. The summed E-state index contributed by atoms with van der Waals surface area (Å²) in [6.45, 7) is 20.1. The molecule has 125 heavy (non-hydrogen) atoms. The standard InChI is InChI=1S/C15H19N3O.C14H17N3.C13H14FN3O.2C12H11ClFN3.C12H10F4N4.C12H11F2N3/c1-4-12-9-14(18-15(16)17-12)11-5-7-13(8-6-11)19-10(2)3;1-4-11-8-13(17-14(15)16-11)12-7-5-6-9(2)10(12)3;1-3-9-7-11(17-13(15)16-9)8-4-5-12(18-2)10(14)6-8;1-2-8-6-11(17-12(15)16-8)7-3-4-9(13)10(14)5-7;1-2-7-6-10(17-12(15)16-7)8-4-3-5-9(13)11(8)14;1-18-9-5-8(19-11(17)20-9)6-3-2-4-7(10(6)13)12(14,15)16;1-2-8-6-11(17-12(15)16-8)7-3-4-9(13)10(14)5-7/h5-10H,4H2,1-3H3,(H2,16,17,18);5-8H,4H2,1-3H3,(H2,15,16,17);4-7H,3H2,1-2H3,(H2,15,16,17);2*3-6H,2H2,1H3,(H2,15,16,17);2-5H,1H3,(H3,17,18,19,20);3-6H,2H2,1H3,(H2,15,16,17). The molecule has 0 aliphatic heterocycles. The summed E-state index contributed by atoms with van der Waals surface area (Å²) in [6, 6.07) is 47.0. The van der Waals surface area contributed by atoms with E-state index in [1.807, 2.05) is 90.9 Å². The molecule has 0 atom stereocenters. The molecule has 7 aromatic heterocycles. The molecule has 24 nitrogen and oxygen atoms in total. The van der Waals surface area contributed by atoms with E-state index < -0.39 is 46.6 Å². The molecule has 35 heteroatoms. The van der Waals surface area contributed by atoms with Gasteiger partial charge in [-0.3, -0.25) is 0 Å². The number of hydrogen-bond acceptors (Lipinski definition) is 24. The molecular formula is C90H93Cl2F9N22O2. The average molecular weight is 1760 g/mol. The molecule has 14 aromatic rings. The van der Waals surface area contributed by atoms with Crippen LogP contribution in [0.4, 0.5) is 87.0 Å². The average Bonchev–Trinajstić information content (AvgIpc) is 0.794. The summed E-state index contributed by atoms with van der Waals surface area (Å²) < 4.78 is 129. The number of alkyl halides is 3. The van der Waals surface area contributed by atoms with Crippen LogP contribution in [0.1, 0.15) is 106 Å². The van der Waals surface area contributed by atoms with Crippen molar-refractivity contribution in [1.82, 2.24) is 69.8 Å². The van der Waals surface area contributed by atoms with Crippen molar-refractivity contribution in [2.45, 2.75) is 120 Å². The number of methoxy groups -OCH3 is 1. The quantitative estimate of drug-likeness (QED) is 0.0393. The number of nitrogens with one attached hydrogen (secondary N) is 1. The van der Waals surface area contributed by atoms with Gasteiger partial charge in [0.1, 0.15) is 23.2 Å². The third-order valence-electron chi connectivity index (χ3n) is 18.0.